The molecule has 8 heteroatoms. The Balaban J connectivity index is 2.00. The molecular weight excluding hydrogens is 330 g/mol. The Hall–Kier alpha value is -2.87. The summed E-state index contributed by atoms with van der Waals surface area (Å²) in [7, 11) is 0. The standard InChI is InChI=1S/C16H15N3O4S/c1-10(24-14-7-5-13(6-8-14)19(22)23)16(21)18-12-4-2-3-11(9-12)15(17)20/h2-10H,1H3,(H2,17,20)(H,18,21)/t10-/m0/s1. The van der Waals surface area contributed by atoms with E-state index in [1.165, 1.54) is 30.0 Å². The van der Waals surface area contributed by atoms with Gasteiger partial charge in [0.25, 0.3) is 5.69 Å². The molecule has 2 amide bonds. The fourth-order valence-corrected chi connectivity index (χ4v) is 2.77. The number of rotatable bonds is 6. The molecular formula is C16H15N3O4S. The van der Waals surface area contributed by atoms with Gasteiger partial charge in [0.05, 0.1) is 10.2 Å². The van der Waals surface area contributed by atoms with Gasteiger partial charge in [-0.2, -0.15) is 0 Å². The molecule has 2 rings (SSSR count). The largest absolute Gasteiger partial charge is 0.366 e. The molecule has 124 valence electrons. The molecule has 7 nitrogen and oxygen atoms in total. The van der Waals surface area contributed by atoms with Gasteiger partial charge in [-0.1, -0.05) is 6.07 Å². The van der Waals surface area contributed by atoms with Crippen molar-refractivity contribution in [1.82, 2.24) is 0 Å². The highest BCUT2D eigenvalue weighted by Gasteiger charge is 2.16. The van der Waals surface area contributed by atoms with Gasteiger partial charge in [0.2, 0.25) is 11.8 Å². The lowest BCUT2D eigenvalue weighted by Gasteiger charge is -2.12. The summed E-state index contributed by atoms with van der Waals surface area (Å²) in [6.45, 7) is 1.72. The van der Waals surface area contributed by atoms with Crippen LogP contribution in [0.1, 0.15) is 17.3 Å². The molecule has 0 heterocycles. The van der Waals surface area contributed by atoms with Crippen LogP contribution in [0.5, 0.6) is 0 Å². The van der Waals surface area contributed by atoms with E-state index < -0.39 is 16.1 Å². The van der Waals surface area contributed by atoms with Gasteiger partial charge < -0.3 is 11.1 Å². The van der Waals surface area contributed by atoms with Gasteiger partial charge in [-0.05, 0) is 37.3 Å². The fourth-order valence-electron chi connectivity index (χ4n) is 1.90. The third-order valence-corrected chi connectivity index (χ3v) is 4.26. The SMILES string of the molecule is C[C@H](Sc1ccc([N+](=O)[O-])cc1)C(=O)Nc1cccc(C(N)=O)c1. The second-order valence-corrected chi connectivity index (χ2v) is 6.36. The summed E-state index contributed by atoms with van der Waals surface area (Å²) in [5, 5.41) is 12.9. The van der Waals surface area contributed by atoms with E-state index in [0.29, 0.717) is 11.3 Å². The number of nitrogens with zero attached hydrogens (tertiary/aromatic N) is 1. The van der Waals surface area contributed by atoms with Gasteiger partial charge in [-0.25, -0.2) is 0 Å². The first-order valence-corrected chi connectivity index (χ1v) is 7.86. The Labute approximate surface area is 142 Å². The lowest BCUT2D eigenvalue weighted by atomic mass is 10.2. The van der Waals surface area contributed by atoms with Crippen LogP contribution in [0.25, 0.3) is 0 Å². The zero-order valence-corrected chi connectivity index (χ0v) is 13.6. The number of benzene rings is 2. The maximum atomic E-state index is 12.2. The summed E-state index contributed by atoms with van der Waals surface area (Å²) in [6, 6.07) is 12.3. The predicted octanol–water partition coefficient (Wildman–Crippen LogP) is 2.81. The van der Waals surface area contributed by atoms with Gasteiger partial charge in [0.1, 0.15) is 0 Å². The van der Waals surface area contributed by atoms with E-state index >= 15 is 0 Å². The molecule has 0 aliphatic rings. The number of hydrogen-bond acceptors (Lipinski definition) is 5. The number of primary amides is 1. The number of non-ortho nitro benzene ring substituents is 1. The van der Waals surface area contributed by atoms with E-state index in [4.69, 9.17) is 5.73 Å². The Morgan fingerprint density at radius 2 is 1.88 bits per heavy atom. The number of carbonyl (C=O) groups is 2. The van der Waals surface area contributed by atoms with E-state index in [2.05, 4.69) is 5.32 Å². The summed E-state index contributed by atoms with van der Waals surface area (Å²) in [5.41, 5.74) is 5.99. The molecule has 2 aromatic carbocycles. The molecule has 0 unspecified atom stereocenters. The van der Waals surface area contributed by atoms with Crippen molar-refractivity contribution in [2.75, 3.05) is 5.32 Å². The minimum absolute atomic E-state index is 0.000258. The third-order valence-electron chi connectivity index (χ3n) is 3.14. The molecule has 2 aromatic rings. The molecule has 0 fully saturated rings. The van der Waals surface area contributed by atoms with E-state index in [-0.39, 0.29) is 11.6 Å². The summed E-state index contributed by atoms with van der Waals surface area (Å²) in [6.07, 6.45) is 0. The highest BCUT2D eigenvalue weighted by atomic mass is 32.2. The molecule has 0 aliphatic carbocycles. The average molecular weight is 345 g/mol. The van der Waals surface area contributed by atoms with Crippen molar-refractivity contribution in [3.63, 3.8) is 0 Å². The maximum absolute atomic E-state index is 12.2. The molecule has 0 spiro atoms. The highest BCUT2D eigenvalue weighted by Crippen LogP contribution is 2.26. The van der Waals surface area contributed by atoms with E-state index in [1.54, 1.807) is 37.3 Å². The number of carbonyl (C=O) groups excluding carboxylic acids is 2. The Kier molecular flexibility index (Phi) is 5.54. The third kappa shape index (κ3) is 4.56. The van der Waals surface area contributed by atoms with Gasteiger partial charge >= 0.3 is 0 Å². The molecule has 0 bridgehead atoms. The van der Waals surface area contributed by atoms with Crippen molar-refractivity contribution >= 4 is 35.0 Å². The maximum Gasteiger partial charge on any atom is 0.269 e. The molecule has 0 saturated carbocycles. The highest BCUT2D eigenvalue weighted by molar-refractivity contribution is 8.00. The quantitative estimate of drug-likeness (QED) is 0.474. The van der Waals surface area contributed by atoms with Gasteiger partial charge in [0, 0.05) is 28.3 Å². The van der Waals surface area contributed by atoms with Crippen molar-refractivity contribution < 1.29 is 14.5 Å². The Bertz CT molecular complexity index is 777. The molecule has 24 heavy (non-hydrogen) atoms. The smallest absolute Gasteiger partial charge is 0.269 e. The molecule has 1 atom stereocenters. The number of anilines is 1. The zero-order valence-electron chi connectivity index (χ0n) is 12.8. The first-order chi connectivity index (χ1) is 11.4. The zero-order chi connectivity index (χ0) is 17.7. The van der Waals surface area contributed by atoms with E-state index in [1.807, 2.05) is 0 Å². The summed E-state index contributed by atoms with van der Waals surface area (Å²) >= 11 is 1.28. The lowest BCUT2D eigenvalue weighted by molar-refractivity contribution is -0.384. The van der Waals surface area contributed by atoms with Crippen molar-refractivity contribution in [3.05, 3.63) is 64.2 Å². The average Bonchev–Trinajstić information content (AvgIpc) is 2.55. The summed E-state index contributed by atoms with van der Waals surface area (Å²) < 4.78 is 0. The van der Waals surface area contributed by atoms with Crippen molar-refractivity contribution in [2.45, 2.75) is 17.1 Å². The number of nitrogens with one attached hydrogen (secondary N) is 1. The monoisotopic (exact) mass is 345 g/mol. The fraction of sp³-hybridized carbons (Fsp3) is 0.125. The Morgan fingerprint density at radius 3 is 2.46 bits per heavy atom. The molecule has 3 N–H and O–H groups in total. The van der Waals surface area contributed by atoms with Crippen LogP contribution in [-0.2, 0) is 4.79 Å². The lowest BCUT2D eigenvalue weighted by Crippen LogP contribution is -2.22. The normalized spacial score (nSPS) is 11.5. The van der Waals surface area contributed by atoms with Crippen LogP contribution in [0.2, 0.25) is 0 Å². The second-order valence-electron chi connectivity index (χ2n) is 4.95. The summed E-state index contributed by atoms with van der Waals surface area (Å²) in [5.74, 6) is -0.820. The minimum Gasteiger partial charge on any atom is -0.366 e. The van der Waals surface area contributed by atoms with Gasteiger partial charge in [-0.15, -0.1) is 11.8 Å². The van der Waals surface area contributed by atoms with Crippen LogP contribution in [0, 0.1) is 10.1 Å². The number of amides is 2. The Morgan fingerprint density at radius 1 is 1.21 bits per heavy atom. The van der Waals surface area contributed by atoms with Crippen LogP contribution in [0.3, 0.4) is 0 Å². The number of nitrogens with two attached hydrogens (primary N) is 1. The second kappa shape index (κ2) is 7.60. The van der Waals surface area contributed by atoms with Crippen LogP contribution >= 0.6 is 11.8 Å². The number of thioether (sulfide) groups is 1. The predicted molar refractivity (Wildman–Crippen MR) is 92.0 cm³/mol. The van der Waals surface area contributed by atoms with Crippen LogP contribution in [-0.4, -0.2) is 22.0 Å². The van der Waals surface area contributed by atoms with Crippen molar-refractivity contribution in [2.24, 2.45) is 5.73 Å². The molecule has 0 radical (unpaired) electrons. The first kappa shape index (κ1) is 17.5. The van der Waals surface area contributed by atoms with Crippen molar-refractivity contribution in [3.8, 4) is 0 Å². The molecule has 0 saturated heterocycles. The minimum atomic E-state index is -0.570. The molecule has 0 aromatic heterocycles. The number of nitro benzene ring substituents is 1. The first-order valence-electron chi connectivity index (χ1n) is 6.98. The van der Waals surface area contributed by atoms with Gasteiger partial charge in [0.15, 0.2) is 0 Å². The number of hydrogen-bond donors (Lipinski definition) is 2. The number of nitro groups is 1. The molecule has 0 aliphatic heterocycles. The van der Waals surface area contributed by atoms with E-state index in [0.717, 1.165) is 4.90 Å². The van der Waals surface area contributed by atoms with Gasteiger partial charge in [-0.3, -0.25) is 19.7 Å². The van der Waals surface area contributed by atoms with Crippen molar-refractivity contribution in [1.29, 1.82) is 0 Å². The van der Waals surface area contributed by atoms with Crippen LogP contribution in [0.4, 0.5) is 11.4 Å². The summed E-state index contributed by atoms with van der Waals surface area (Å²) in [4.78, 5) is 34.3. The van der Waals surface area contributed by atoms with Crippen LogP contribution < -0.4 is 11.1 Å². The van der Waals surface area contributed by atoms with Crippen LogP contribution in [0.15, 0.2) is 53.4 Å². The topological polar surface area (TPSA) is 115 Å². The van der Waals surface area contributed by atoms with E-state index in [9.17, 15) is 19.7 Å².